The number of benzene rings is 1. The molecule has 0 saturated carbocycles. The monoisotopic (exact) mass is 572 g/mol. The van der Waals surface area contributed by atoms with Crippen molar-refractivity contribution in [3.05, 3.63) is 45.9 Å². The lowest BCUT2D eigenvalue weighted by molar-refractivity contribution is -0.137. The molecule has 6 nitrogen and oxygen atoms in total. The first kappa shape index (κ1) is 27.4. The largest absolute Gasteiger partial charge is 0.492 e. The van der Waals surface area contributed by atoms with Gasteiger partial charge in [0.1, 0.15) is 23.5 Å². The molecule has 11 heteroatoms. The molecule has 174 valence electrons. The lowest BCUT2D eigenvalue weighted by Crippen LogP contribution is -2.38. The second-order valence-electron chi connectivity index (χ2n) is 6.52. The van der Waals surface area contributed by atoms with E-state index >= 15 is 0 Å². The zero-order chi connectivity index (χ0) is 22.1. The number of nitrogens with one attached hydrogen (secondary N) is 1. The van der Waals surface area contributed by atoms with Crippen molar-refractivity contribution in [2.75, 3.05) is 33.9 Å². The Morgan fingerprint density at radius 2 is 2.10 bits per heavy atom. The lowest BCUT2D eigenvalue weighted by atomic mass is 10.2. The third-order valence-electron chi connectivity index (χ3n) is 4.15. The van der Waals surface area contributed by atoms with E-state index in [0.29, 0.717) is 25.6 Å². The fraction of sp³-hybridized carbons (Fsp3) is 0.500. The Bertz CT molecular complexity index is 833. The van der Waals surface area contributed by atoms with Gasteiger partial charge in [-0.1, -0.05) is 6.07 Å². The Balaban J connectivity index is 0.00000480. The first-order valence-electron chi connectivity index (χ1n) is 9.51. The molecule has 1 aromatic heterocycles. The second-order valence-corrected chi connectivity index (χ2v) is 7.41. The molecule has 1 atom stereocenters. The van der Waals surface area contributed by atoms with Gasteiger partial charge in [-0.3, -0.25) is 0 Å². The number of ether oxygens (including phenoxy) is 2. The Hall–Kier alpha value is -1.60. The van der Waals surface area contributed by atoms with E-state index in [1.807, 2.05) is 31.2 Å². The van der Waals surface area contributed by atoms with Gasteiger partial charge in [0.25, 0.3) is 0 Å². The minimum Gasteiger partial charge on any atom is -0.492 e. The number of aromatic nitrogens is 1. The number of halogens is 4. The number of hydrogen-bond donors (Lipinski definition) is 1. The van der Waals surface area contributed by atoms with Gasteiger partial charge >= 0.3 is 6.18 Å². The van der Waals surface area contributed by atoms with Crippen molar-refractivity contribution in [1.82, 2.24) is 15.2 Å². The highest BCUT2D eigenvalue weighted by atomic mass is 127. The van der Waals surface area contributed by atoms with Gasteiger partial charge in [0.05, 0.1) is 24.3 Å². The molecular formula is C20H28F3IN4O2S. The number of rotatable bonds is 9. The summed E-state index contributed by atoms with van der Waals surface area (Å²) in [5.41, 5.74) is 0.175. The van der Waals surface area contributed by atoms with Crippen LogP contribution in [-0.2, 0) is 17.5 Å². The molecule has 0 aliphatic heterocycles. The third kappa shape index (κ3) is 8.81. The van der Waals surface area contributed by atoms with Gasteiger partial charge in [0, 0.05) is 26.1 Å². The maximum atomic E-state index is 12.8. The highest BCUT2D eigenvalue weighted by molar-refractivity contribution is 14.0. The van der Waals surface area contributed by atoms with Crippen LogP contribution in [0.2, 0.25) is 0 Å². The summed E-state index contributed by atoms with van der Waals surface area (Å²) < 4.78 is 49.1. The highest BCUT2D eigenvalue weighted by Gasteiger charge is 2.30. The van der Waals surface area contributed by atoms with Crippen LogP contribution in [0.4, 0.5) is 13.2 Å². The van der Waals surface area contributed by atoms with Crippen LogP contribution in [0.5, 0.6) is 5.75 Å². The summed E-state index contributed by atoms with van der Waals surface area (Å²) in [6.45, 7) is 5.61. The van der Waals surface area contributed by atoms with Gasteiger partial charge in [0.15, 0.2) is 5.96 Å². The summed E-state index contributed by atoms with van der Waals surface area (Å²) in [4.78, 5) is 11.0. The topological polar surface area (TPSA) is 59.0 Å². The van der Waals surface area contributed by atoms with Crippen LogP contribution < -0.4 is 10.1 Å². The molecule has 0 aliphatic rings. The average Bonchev–Trinajstić information content (AvgIpc) is 3.17. The summed E-state index contributed by atoms with van der Waals surface area (Å²) in [5.74, 6) is 0.833. The first-order chi connectivity index (χ1) is 14.2. The standard InChI is InChI=1S/C20H27F3N4O2S.HI/c1-5-24-19(27(3)12-16-13-30-18(26-16)14(2)28-4)25-9-10-29-17-8-6-7-15(11-17)20(21,22)23;/h6-8,11,13-14H,5,9-10,12H2,1-4H3,(H,24,25);1H. The van der Waals surface area contributed by atoms with Crippen LogP contribution in [0, 0.1) is 0 Å². The summed E-state index contributed by atoms with van der Waals surface area (Å²) in [6, 6.07) is 4.82. The SMILES string of the molecule is CCNC(=NCCOc1cccc(C(F)(F)F)c1)N(C)Cc1csc(C(C)OC)n1.I. The maximum absolute atomic E-state index is 12.8. The van der Waals surface area contributed by atoms with Gasteiger partial charge in [-0.05, 0) is 32.0 Å². The maximum Gasteiger partial charge on any atom is 0.416 e. The summed E-state index contributed by atoms with van der Waals surface area (Å²) in [5, 5.41) is 6.10. The van der Waals surface area contributed by atoms with E-state index in [9.17, 15) is 13.2 Å². The number of hydrogen-bond acceptors (Lipinski definition) is 5. The molecule has 31 heavy (non-hydrogen) atoms. The average molecular weight is 572 g/mol. The van der Waals surface area contributed by atoms with E-state index in [4.69, 9.17) is 9.47 Å². The van der Waals surface area contributed by atoms with E-state index in [2.05, 4.69) is 15.3 Å². The molecular weight excluding hydrogens is 544 g/mol. The van der Waals surface area contributed by atoms with E-state index in [1.165, 1.54) is 12.1 Å². The molecule has 1 aromatic carbocycles. The van der Waals surface area contributed by atoms with Gasteiger partial charge in [0.2, 0.25) is 0 Å². The molecule has 0 fully saturated rings. The zero-order valence-electron chi connectivity index (χ0n) is 17.9. The molecule has 0 amide bonds. The molecule has 0 saturated heterocycles. The summed E-state index contributed by atoms with van der Waals surface area (Å²) in [6.07, 6.45) is -4.45. The van der Waals surface area contributed by atoms with E-state index in [-0.39, 0.29) is 42.4 Å². The predicted octanol–water partition coefficient (Wildman–Crippen LogP) is 4.96. The molecule has 0 aliphatic carbocycles. The molecule has 2 rings (SSSR count). The van der Waals surface area contributed by atoms with Crippen LogP contribution in [0.15, 0.2) is 34.6 Å². The number of nitrogens with zero attached hydrogens (tertiary/aromatic N) is 3. The van der Waals surface area contributed by atoms with Crippen molar-refractivity contribution in [2.24, 2.45) is 4.99 Å². The lowest BCUT2D eigenvalue weighted by Gasteiger charge is -2.21. The minimum atomic E-state index is -4.39. The van der Waals surface area contributed by atoms with E-state index in [0.717, 1.165) is 22.8 Å². The summed E-state index contributed by atoms with van der Waals surface area (Å²) >= 11 is 1.55. The van der Waals surface area contributed by atoms with Crippen molar-refractivity contribution in [2.45, 2.75) is 32.7 Å². The van der Waals surface area contributed by atoms with Crippen LogP contribution >= 0.6 is 35.3 Å². The molecule has 0 bridgehead atoms. The van der Waals surface area contributed by atoms with Crippen molar-refractivity contribution < 1.29 is 22.6 Å². The molecule has 0 spiro atoms. The second kappa shape index (κ2) is 13.1. The van der Waals surface area contributed by atoms with Gasteiger partial charge in [-0.2, -0.15) is 13.2 Å². The molecule has 0 radical (unpaired) electrons. The van der Waals surface area contributed by atoms with Crippen LogP contribution in [-0.4, -0.2) is 49.7 Å². The molecule has 1 heterocycles. The Morgan fingerprint density at radius 1 is 1.35 bits per heavy atom. The summed E-state index contributed by atoms with van der Waals surface area (Å²) in [7, 11) is 3.54. The number of guanidine groups is 1. The normalized spacial score (nSPS) is 12.8. The van der Waals surface area contributed by atoms with Crippen LogP contribution in [0.25, 0.3) is 0 Å². The van der Waals surface area contributed by atoms with Crippen molar-refractivity contribution in [3.8, 4) is 5.75 Å². The van der Waals surface area contributed by atoms with Crippen molar-refractivity contribution in [3.63, 3.8) is 0 Å². The third-order valence-corrected chi connectivity index (χ3v) is 5.20. The van der Waals surface area contributed by atoms with Gasteiger partial charge in [-0.25, -0.2) is 9.98 Å². The number of aliphatic imine (C=N–C) groups is 1. The fourth-order valence-electron chi connectivity index (χ4n) is 2.55. The predicted molar refractivity (Wildman–Crippen MR) is 127 cm³/mol. The van der Waals surface area contributed by atoms with Gasteiger partial charge < -0.3 is 19.7 Å². The molecule has 1 unspecified atom stereocenters. The number of thiazole rings is 1. The van der Waals surface area contributed by atoms with E-state index in [1.54, 1.807) is 18.4 Å². The Morgan fingerprint density at radius 3 is 2.74 bits per heavy atom. The Labute approximate surface area is 201 Å². The first-order valence-corrected chi connectivity index (χ1v) is 10.4. The number of alkyl halides is 3. The highest BCUT2D eigenvalue weighted by Crippen LogP contribution is 2.31. The minimum absolute atomic E-state index is 0. The zero-order valence-corrected chi connectivity index (χ0v) is 21.0. The van der Waals surface area contributed by atoms with Crippen molar-refractivity contribution in [1.29, 1.82) is 0 Å². The van der Waals surface area contributed by atoms with E-state index < -0.39 is 11.7 Å². The van der Waals surface area contributed by atoms with Gasteiger partial charge in [-0.15, -0.1) is 35.3 Å². The van der Waals surface area contributed by atoms with Crippen LogP contribution in [0.1, 0.15) is 36.2 Å². The quantitative estimate of drug-likeness (QED) is 0.199. The Kier molecular flexibility index (Phi) is 11.6. The van der Waals surface area contributed by atoms with Crippen molar-refractivity contribution >= 4 is 41.3 Å². The molecule has 2 aromatic rings. The van der Waals surface area contributed by atoms with Crippen LogP contribution in [0.3, 0.4) is 0 Å². The molecule has 1 N–H and O–H groups in total. The smallest absolute Gasteiger partial charge is 0.416 e. The fourth-order valence-corrected chi connectivity index (χ4v) is 3.39. The number of methoxy groups -OCH3 is 1.